The third-order valence-corrected chi connectivity index (χ3v) is 9.70. The summed E-state index contributed by atoms with van der Waals surface area (Å²) in [4.78, 5) is 42.2. The van der Waals surface area contributed by atoms with Gasteiger partial charge in [-0.05, 0) is 55.0 Å². The van der Waals surface area contributed by atoms with Crippen molar-refractivity contribution in [3.8, 4) is 16.8 Å². The molecule has 2 aromatic heterocycles. The molecule has 0 amide bonds. The van der Waals surface area contributed by atoms with E-state index >= 15 is 0 Å². The van der Waals surface area contributed by atoms with Crippen LogP contribution in [0.25, 0.3) is 33.9 Å². The average molecular weight is 684 g/mol. The second-order valence-electron chi connectivity index (χ2n) is 13.5. The lowest BCUT2D eigenvalue weighted by molar-refractivity contribution is 0.0526. The number of piperazine rings is 1. The number of rotatable bonds is 13. The topological polar surface area (TPSA) is 80.6 Å². The van der Waals surface area contributed by atoms with E-state index in [4.69, 9.17) is 14.7 Å². The zero-order valence-corrected chi connectivity index (χ0v) is 30.3. The third kappa shape index (κ3) is 8.29. The number of hydrogen-bond acceptors (Lipinski definition) is 7. The summed E-state index contributed by atoms with van der Waals surface area (Å²) in [5.41, 5.74) is 5.60. The normalized spacial score (nSPS) is 14.3. The van der Waals surface area contributed by atoms with E-state index in [1.165, 1.54) is 30.4 Å². The Morgan fingerprint density at radius 1 is 0.902 bits per heavy atom. The summed E-state index contributed by atoms with van der Waals surface area (Å²) in [5, 5.41) is 0.671. The molecule has 1 unspecified atom stereocenters. The number of aromatic nitrogens is 3. The van der Waals surface area contributed by atoms with Gasteiger partial charge in [-0.25, -0.2) is 19.1 Å². The van der Waals surface area contributed by atoms with Crippen molar-refractivity contribution in [1.29, 1.82) is 0 Å². The molecule has 0 radical (unpaired) electrons. The molecule has 0 bridgehead atoms. The Bertz CT molecular complexity index is 2020. The molecular weight excluding hydrogens is 635 g/mol. The average Bonchev–Trinajstić information content (AvgIpc) is 3.15. The largest absolute Gasteiger partial charge is 0.462 e. The highest BCUT2D eigenvalue weighted by Gasteiger charge is 2.29. The van der Waals surface area contributed by atoms with E-state index in [1.807, 2.05) is 67.6 Å². The van der Waals surface area contributed by atoms with Gasteiger partial charge in [0.2, 0.25) is 0 Å². The Kier molecular flexibility index (Phi) is 11.7. The minimum atomic E-state index is -0.441. The number of hydrogen-bond donors (Lipinski definition) is 0. The van der Waals surface area contributed by atoms with Crippen molar-refractivity contribution < 1.29 is 9.53 Å². The minimum Gasteiger partial charge on any atom is -0.462 e. The van der Waals surface area contributed by atoms with Crippen molar-refractivity contribution in [1.82, 2.24) is 19.4 Å². The Morgan fingerprint density at radius 3 is 2.25 bits per heavy atom. The molecule has 8 heteroatoms. The molecule has 3 aromatic carbocycles. The Hall–Kier alpha value is -5.08. The molecule has 8 nitrogen and oxygen atoms in total. The van der Waals surface area contributed by atoms with E-state index in [9.17, 15) is 9.59 Å². The third-order valence-electron chi connectivity index (χ3n) is 9.70. The summed E-state index contributed by atoms with van der Waals surface area (Å²) < 4.78 is 7.20. The molecule has 6 rings (SSSR count). The molecule has 1 aliphatic rings. The molecule has 0 N–H and O–H groups in total. The van der Waals surface area contributed by atoms with Crippen molar-refractivity contribution >= 4 is 28.9 Å². The van der Waals surface area contributed by atoms with Crippen molar-refractivity contribution in [3.05, 3.63) is 124 Å². The molecule has 264 valence electrons. The van der Waals surface area contributed by atoms with E-state index in [2.05, 4.69) is 60.1 Å². The summed E-state index contributed by atoms with van der Waals surface area (Å²) >= 11 is 0. The van der Waals surface area contributed by atoms with Gasteiger partial charge in [0.1, 0.15) is 5.82 Å². The lowest BCUT2D eigenvalue weighted by Gasteiger charge is -2.35. The van der Waals surface area contributed by atoms with Gasteiger partial charge in [0, 0.05) is 38.3 Å². The lowest BCUT2D eigenvalue weighted by Crippen LogP contribution is -2.47. The van der Waals surface area contributed by atoms with Gasteiger partial charge in [0.15, 0.2) is 5.65 Å². The number of anilines is 1. The maximum Gasteiger partial charge on any atom is 0.355 e. The van der Waals surface area contributed by atoms with Crippen LogP contribution in [0.1, 0.15) is 67.2 Å². The van der Waals surface area contributed by atoms with Crippen LogP contribution in [0.3, 0.4) is 0 Å². The van der Waals surface area contributed by atoms with E-state index in [1.54, 1.807) is 11.5 Å². The number of pyridine rings is 1. The van der Waals surface area contributed by atoms with Crippen LogP contribution in [0.2, 0.25) is 0 Å². The fraction of sp³-hybridized carbons (Fsp3) is 0.349. The lowest BCUT2D eigenvalue weighted by atomic mass is 9.95. The van der Waals surface area contributed by atoms with E-state index in [0.717, 1.165) is 31.6 Å². The molecule has 0 aliphatic carbocycles. The fourth-order valence-electron chi connectivity index (χ4n) is 7.04. The van der Waals surface area contributed by atoms with Crippen LogP contribution in [0.5, 0.6) is 0 Å². The van der Waals surface area contributed by atoms with Crippen LogP contribution in [0.4, 0.5) is 5.82 Å². The number of esters is 1. The molecule has 1 saturated heterocycles. The summed E-state index contributed by atoms with van der Waals surface area (Å²) in [6.07, 6.45) is 8.95. The van der Waals surface area contributed by atoms with Gasteiger partial charge < -0.3 is 9.64 Å². The van der Waals surface area contributed by atoms with Crippen molar-refractivity contribution in [2.24, 2.45) is 5.92 Å². The zero-order chi connectivity index (χ0) is 35.7. The smallest absolute Gasteiger partial charge is 0.355 e. The second-order valence-corrected chi connectivity index (χ2v) is 13.5. The number of ether oxygens (including phenoxy) is 1. The zero-order valence-electron chi connectivity index (χ0n) is 30.3. The van der Waals surface area contributed by atoms with Gasteiger partial charge in [-0.2, -0.15) is 4.98 Å². The van der Waals surface area contributed by atoms with Gasteiger partial charge in [-0.1, -0.05) is 118 Å². The first-order valence-electron chi connectivity index (χ1n) is 18.4. The summed E-state index contributed by atoms with van der Waals surface area (Å²) in [7, 11) is 0. The van der Waals surface area contributed by atoms with Gasteiger partial charge in [0.25, 0.3) is 0 Å². The van der Waals surface area contributed by atoms with Crippen molar-refractivity contribution in [2.45, 2.75) is 53.4 Å². The SMILES string of the molecule is CCCCC(C)Cc1ccc(-n2c(=O)nc(N3CCN(CC=Cc4ccccc4)CC3)c3c(-c4ccccc4)c(C(=O)OCC)c(C)nc32)cc1. The Balaban J connectivity index is 1.44. The van der Waals surface area contributed by atoms with Gasteiger partial charge in [-0.3, -0.25) is 4.90 Å². The summed E-state index contributed by atoms with van der Waals surface area (Å²) in [5.74, 6) is 0.687. The molecule has 0 saturated carbocycles. The second kappa shape index (κ2) is 16.8. The maximum absolute atomic E-state index is 14.2. The van der Waals surface area contributed by atoms with Crippen molar-refractivity contribution in [2.75, 3.05) is 44.2 Å². The van der Waals surface area contributed by atoms with Crippen LogP contribution in [-0.4, -0.2) is 64.7 Å². The standard InChI is InChI=1S/C43H49N5O3/c1-5-7-15-31(3)30-34-21-23-36(24-22-34)48-41-39(38(35-19-12-9-13-20-35)37(32(4)44-41)42(49)51-6-2)40(45-43(48)50)47-28-26-46(27-29-47)25-14-18-33-16-10-8-11-17-33/h8-14,16-24,31H,5-7,15,25-30H2,1-4H3. The van der Waals surface area contributed by atoms with E-state index in [-0.39, 0.29) is 6.61 Å². The molecule has 0 spiro atoms. The van der Waals surface area contributed by atoms with Crippen LogP contribution in [0.15, 0.2) is 95.8 Å². The number of carbonyl (C=O) groups excluding carboxylic acids is 1. The Morgan fingerprint density at radius 2 is 1.59 bits per heavy atom. The number of carbonyl (C=O) groups is 1. The first kappa shape index (κ1) is 35.7. The van der Waals surface area contributed by atoms with Crippen LogP contribution in [-0.2, 0) is 11.2 Å². The van der Waals surface area contributed by atoms with E-state index in [0.29, 0.717) is 58.4 Å². The van der Waals surface area contributed by atoms with Gasteiger partial charge in [0.05, 0.1) is 28.9 Å². The number of benzene rings is 3. The molecule has 1 atom stereocenters. The van der Waals surface area contributed by atoms with Crippen LogP contribution >= 0.6 is 0 Å². The predicted molar refractivity (Wildman–Crippen MR) is 208 cm³/mol. The highest BCUT2D eigenvalue weighted by molar-refractivity contribution is 6.11. The van der Waals surface area contributed by atoms with Gasteiger partial charge in [-0.15, -0.1) is 0 Å². The molecule has 1 fully saturated rings. The Labute approximate surface area is 301 Å². The summed E-state index contributed by atoms with van der Waals surface area (Å²) in [6.45, 7) is 12.1. The molecule has 51 heavy (non-hydrogen) atoms. The number of fused-ring (bicyclic) bond motifs is 1. The van der Waals surface area contributed by atoms with E-state index < -0.39 is 11.7 Å². The first-order chi connectivity index (χ1) is 24.9. The number of aryl methyl sites for hydroxylation is 1. The first-order valence-corrected chi connectivity index (χ1v) is 18.4. The monoisotopic (exact) mass is 683 g/mol. The maximum atomic E-state index is 14.2. The highest BCUT2D eigenvalue weighted by atomic mass is 16.5. The fourth-order valence-corrected chi connectivity index (χ4v) is 7.04. The quantitative estimate of drug-likeness (QED) is 0.116. The number of unbranched alkanes of at least 4 members (excludes halogenated alkanes) is 1. The number of nitrogens with zero attached hydrogens (tertiary/aromatic N) is 5. The molecule has 3 heterocycles. The summed E-state index contributed by atoms with van der Waals surface area (Å²) in [6, 6.07) is 28.3. The molecule has 5 aromatic rings. The minimum absolute atomic E-state index is 0.235. The highest BCUT2D eigenvalue weighted by Crippen LogP contribution is 2.38. The van der Waals surface area contributed by atoms with Crippen LogP contribution in [0, 0.1) is 12.8 Å². The van der Waals surface area contributed by atoms with Crippen LogP contribution < -0.4 is 10.6 Å². The molecular formula is C43H49N5O3. The molecule has 1 aliphatic heterocycles. The van der Waals surface area contributed by atoms with Gasteiger partial charge >= 0.3 is 11.7 Å². The van der Waals surface area contributed by atoms with Crippen molar-refractivity contribution in [3.63, 3.8) is 0 Å². The predicted octanol–water partition coefficient (Wildman–Crippen LogP) is 8.14.